The van der Waals surface area contributed by atoms with Crippen LogP contribution < -0.4 is 9.44 Å². The molecule has 222 valence electrons. The topological polar surface area (TPSA) is 92.3 Å². The Morgan fingerprint density at radius 1 is 0.524 bits per heavy atom. The average molecular weight is 641 g/mol. The fourth-order valence-electron chi connectivity index (χ4n) is 4.34. The molecule has 42 heavy (non-hydrogen) atoms. The minimum absolute atomic E-state index is 0.234. The molecule has 4 aromatic carbocycles. The molecule has 0 amide bonds. The maximum atomic E-state index is 13.2. The second-order valence-corrected chi connectivity index (χ2v) is 16.2. The Morgan fingerprint density at radius 2 is 0.857 bits per heavy atom. The summed E-state index contributed by atoms with van der Waals surface area (Å²) in [4.78, 5) is 0.467. The number of rotatable bonds is 15. The van der Waals surface area contributed by atoms with Gasteiger partial charge in [0.1, 0.15) is 0 Å². The lowest BCUT2D eigenvalue weighted by Gasteiger charge is -2.21. The molecule has 0 aliphatic rings. The molecule has 10 heteroatoms. The van der Waals surface area contributed by atoms with E-state index in [0.717, 1.165) is 22.3 Å². The lowest BCUT2D eigenvalue weighted by atomic mass is 10.1. The number of hydrogen-bond donors (Lipinski definition) is 2. The summed E-state index contributed by atoms with van der Waals surface area (Å²) in [5.74, 6) is 1.01. The van der Waals surface area contributed by atoms with E-state index in [1.165, 1.54) is 21.6 Å². The van der Waals surface area contributed by atoms with Crippen molar-refractivity contribution in [3.63, 3.8) is 0 Å². The van der Waals surface area contributed by atoms with Gasteiger partial charge in [0.2, 0.25) is 20.0 Å². The molecular weight excluding hydrogens is 605 g/mol. The summed E-state index contributed by atoms with van der Waals surface area (Å²) >= 11 is 0. The highest BCUT2D eigenvalue weighted by Gasteiger charge is 2.23. The molecule has 0 aliphatic heterocycles. The summed E-state index contributed by atoms with van der Waals surface area (Å²) in [6, 6.07) is 32.5. The van der Waals surface area contributed by atoms with Crippen LogP contribution in [0.3, 0.4) is 0 Å². The first-order valence-corrected chi connectivity index (χ1v) is 19.1. The highest BCUT2D eigenvalue weighted by atomic mass is 33.1. The van der Waals surface area contributed by atoms with Crippen molar-refractivity contribution in [1.82, 2.24) is 9.44 Å². The predicted octanol–water partition coefficient (Wildman–Crippen LogP) is 6.16. The minimum Gasteiger partial charge on any atom is -0.207 e. The van der Waals surface area contributed by atoms with Crippen LogP contribution in [-0.4, -0.2) is 40.4 Å². The van der Waals surface area contributed by atoms with Gasteiger partial charge in [-0.3, -0.25) is 0 Å². The zero-order chi connectivity index (χ0) is 30.0. The molecule has 0 bridgehead atoms. The molecular formula is C32H36N2O4S4. The van der Waals surface area contributed by atoms with Gasteiger partial charge in [-0.1, -0.05) is 118 Å². The van der Waals surface area contributed by atoms with E-state index in [0.29, 0.717) is 24.3 Å². The van der Waals surface area contributed by atoms with Gasteiger partial charge in [-0.2, -0.15) is 0 Å². The molecule has 6 nitrogen and oxygen atoms in total. The van der Waals surface area contributed by atoms with Crippen molar-refractivity contribution in [3.8, 4) is 0 Å². The summed E-state index contributed by atoms with van der Waals surface area (Å²) in [7, 11) is -4.35. The van der Waals surface area contributed by atoms with Gasteiger partial charge in [0.15, 0.2) is 0 Å². The normalized spacial score (nSPS) is 13.5. The lowest BCUT2D eigenvalue weighted by Crippen LogP contribution is -2.39. The monoisotopic (exact) mass is 640 g/mol. The summed E-state index contributed by atoms with van der Waals surface area (Å²) in [5, 5.41) is 0. The van der Waals surface area contributed by atoms with Crippen molar-refractivity contribution < 1.29 is 16.8 Å². The highest BCUT2D eigenvalue weighted by molar-refractivity contribution is 8.76. The van der Waals surface area contributed by atoms with Crippen molar-refractivity contribution in [2.45, 2.75) is 48.6 Å². The number of hydrogen-bond acceptors (Lipinski definition) is 6. The largest absolute Gasteiger partial charge is 0.240 e. The molecule has 2 N–H and O–H groups in total. The van der Waals surface area contributed by atoms with Crippen LogP contribution in [-0.2, 0) is 32.9 Å². The Morgan fingerprint density at radius 3 is 1.19 bits per heavy atom. The number of aryl methyl sites for hydroxylation is 2. The lowest BCUT2D eigenvalue weighted by molar-refractivity contribution is 0.559. The Bertz CT molecular complexity index is 1490. The molecule has 0 saturated carbocycles. The fraction of sp³-hybridized carbons (Fsp3) is 0.250. The molecule has 4 aromatic rings. The smallest absolute Gasteiger partial charge is 0.207 e. The van der Waals surface area contributed by atoms with Crippen LogP contribution in [0.15, 0.2) is 119 Å². The number of sulfonamides is 2. The van der Waals surface area contributed by atoms with Crippen LogP contribution in [0.25, 0.3) is 0 Å². The molecule has 0 aliphatic carbocycles. The van der Waals surface area contributed by atoms with E-state index in [-0.39, 0.29) is 21.9 Å². The van der Waals surface area contributed by atoms with Gasteiger partial charge in [-0.05, 0) is 62.1 Å². The molecule has 2 atom stereocenters. The van der Waals surface area contributed by atoms with Crippen molar-refractivity contribution in [2.24, 2.45) is 0 Å². The molecule has 0 heterocycles. The van der Waals surface area contributed by atoms with E-state index >= 15 is 0 Å². The van der Waals surface area contributed by atoms with Gasteiger partial charge in [0, 0.05) is 23.6 Å². The van der Waals surface area contributed by atoms with E-state index in [1.807, 2.05) is 74.5 Å². The van der Waals surface area contributed by atoms with Crippen LogP contribution in [0.5, 0.6) is 0 Å². The zero-order valence-electron chi connectivity index (χ0n) is 23.6. The Balaban J connectivity index is 1.43. The van der Waals surface area contributed by atoms with Crippen LogP contribution in [0.4, 0.5) is 0 Å². The first-order chi connectivity index (χ1) is 20.1. The maximum absolute atomic E-state index is 13.2. The SMILES string of the molecule is Cc1ccc(S(=O)(=O)N[C@H](CSSC[C@H](Cc2ccccc2)NS(=O)(=O)c2ccc(C)cc2)Cc2ccccc2)cc1. The molecule has 0 fully saturated rings. The summed E-state index contributed by atoms with van der Waals surface area (Å²) in [6.45, 7) is 3.84. The maximum Gasteiger partial charge on any atom is 0.240 e. The van der Waals surface area contributed by atoms with Gasteiger partial charge >= 0.3 is 0 Å². The first kappa shape index (κ1) is 32.3. The van der Waals surface area contributed by atoms with Gasteiger partial charge in [0.05, 0.1) is 9.79 Å². The van der Waals surface area contributed by atoms with E-state index < -0.39 is 20.0 Å². The molecule has 0 spiro atoms. The van der Waals surface area contributed by atoms with Crippen LogP contribution in [0.2, 0.25) is 0 Å². The quantitative estimate of drug-likeness (QED) is 0.119. The van der Waals surface area contributed by atoms with Gasteiger partial charge in [0.25, 0.3) is 0 Å². The summed E-state index contributed by atoms with van der Waals surface area (Å²) < 4.78 is 58.6. The van der Waals surface area contributed by atoms with Gasteiger partial charge in [-0.25, -0.2) is 26.3 Å². The second kappa shape index (κ2) is 15.2. The van der Waals surface area contributed by atoms with Gasteiger partial charge in [-0.15, -0.1) is 0 Å². The average Bonchev–Trinajstić information content (AvgIpc) is 2.96. The Hall–Kier alpha value is -2.60. The standard InChI is InChI=1S/C32H36N2O4S4/c1-25-13-17-31(18-14-25)41(35,36)33-29(21-27-9-5-3-6-10-27)23-39-40-24-30(22-28-11-7-4-8-12-28)34-42(37,38)32-19-15-26(2)16-20-32/h3-20,29-30,33-34H,21-24H2,1-2H3/t29-,30-/m0/s1. The third-order valence-corrected chi connectivity index (χ3v) is 12.2. The third kappa shape index (κ3) is 10.00. The van der Waals surface area contributed by atoms with Crippen molar-refractivity contribution in [3.05, 3.63) is 131 Å². The van der Waals surface area contributed by atoms with Crippen LogP contribution >= 0.6 is 21.6 Å². The highest BCUT2D eigenvalue weighted by Crippen LogP contribution is 2.26. The molecule has 0 saturated heterocycles. The second-order valence-electron chi connectivity index (χ2n) is 10.2. The molecule has 0 unspecified atom stereocenters. The Kier molecular flexibility index (Phi) is 11.7. The zero-order valence-corrected chi connectivity index (χ0v) is 26.9. The van der Waals surface area contributed by atoms with Crippen molar-refractivity contribution in [2.75, 3.05) is 11.5 Å². The van der Waals surface area contributed by atoms with E-state index in [2.05, 4.69) is 9.44 Å². The molecule has 4 rings (SSSR count). The van der Waals surface area contributed by atoms with E-state index in [1.54, 1.807) is 48.5 Å². The summed E-state index contributed by atoms with van der Waals surface area (Å²) in [5.41, 5.74) is 4.05. The van der Waals surface area contributed by atoms with E-state index in [4.69, 9.17) is 0 Å². The van der Waals surface area contributed by atoms with E-state index in [9.17, 15) is 16.8 Å². The number of nitrogens with one attached hydrogen (secondary N) is 2. The minimum atomic E-state index is -3.71. The Labute approximate surface area is 258 Å². The number of benzene rings is 4. The molecule has 0 aromatic heterocycles. The van der Waals surface area contributed by atoms with Crippen molar-refractivity contribution in [1.29, 1.82) is 0 Å². The van der Waals surface area contributed by atoms with Crippen molar-refractivity contribution >= 4 is 41.6 Å². The third-order valence-electron chi connectivity index (χ3n) is 6.58. The van der Waals surface area contributed by atoms with Crippen LogP contribution in [0, 0.1) is 13.8 Å². The predicted molar refractivity (Wildman–Crippen MR) is 176 cm³/mol. The summed E-state index contributed by atoms with van der Waals surface area (Å²) in [6.07, 6.45) is 1.07. The van der Waals surface area contributed by atoms with Gasteiger partial charge < -0.3 is 0 Å². The molecule has 0 radical (unpaired) electrons. The fourth-order valence-corrected chi connectivity index (χ4v) is 9.51. The van der Waals surface area contributed by atoms with Crippen LogP contribution in [0.1, 0.15) is 22.3 Å². The first-order valence-electron chi connectivity index (χ1n) is 13.6.